The van der Waals surface area contributed by atoms with Gasteiger partial charge in [0.2, 0.25) is 0 Å². The molecule has 3 aromatic carbocycles. The number of carboxylic acid groups (broad SMARTS) is 1. The number of carbonyl (C=O) groups is 2. The van der Waals surface area contributed by atoms with Gasteiger partial charge >= 0.3 is 12.1 Å². The molecular formula is C31H26ClF3N2O3. The Morgan fingerprint density at radius 1 is 0.900 bits per heavy atom. The average Bonchev–Trinajstić information content (AvgIpc) is 2.92. The van der Waals surface area contributed by atoms with Crippen LogP contribution in [0.3, 0.4) is 0 Å². The first kappa shape index (κ1) is 28.8. The number of hydrogen-bond acceptors (Lipinski definition) is 4. The van der Waals surface area contributed by atoms with Gasteiger partial charge < -0.3 is 10.4 Å². The minimum absolute atomic E-state index is 0.0211. The monoisotopic (exact) mass is 566 g/mol. The highest BCUT2D eigenvalue weighted by atomic mass is 35.5. The number of anilines is 1. The SMILES string of the molecule is Cc1cc(C(F)(F)F)cc(-c2ccc(C(=O)CCCC(=O)O)nc2)c1CNc1ccc(-c2ccc(Cl)cc2)cc1. The van der Waals surface area contributed by atoms with E-state index in [2.05, 4.69) is 10.3 Å². The fourth-order valence-electron chi connectivity index (χ4n) is 4.33. The Labute approximate surface area is 234 Å². The maximum atomic E-state index is 13.7. The molecule has 2 N–H and O–H groups in total. The lowest BCUT2D eigenvalue weighted by molar-refractivity contribution is -0.138. The van der Waals surface area contributed by atoms with Gasteiger partial charge in [0.1, 0.15) is 5.69 Å². The van der Waals surface area contributed by atoms with E-state index in [0.29, 0.717) is 27.3 Å². The third kappa shape index (κ3) is 7.27. The Morgan fingerprint density at radius 3 is 2.10 bits per heavy atom. The van der Waals surface area contributed by atoms with Gasteiger partial charge in [-0.2, -0.15) is 13.2 Å². The third-order valence-electron chi connectivity index (χ3n) is 6.49. The summed E-state index contributed by atoms with van der Waals surface area (Å²) < 4.78 is 41.0. The molecule has 0 saturated heterocycles. The smallest absolute Gasteiger partial charge is 0.416 e. The predicted molar refractivity (Wildman–Crippen MR) is 149 cm³/mol. The van der Waals surface area contributed by atoms with E-state index in [1.165, 1.54) is 12.3 Å². The van der Waals surface area contributed by atoms with E-state index in [4.69, 9.17) is 16.7 Å². The van der Waals surface area contributed by atoms with E-state index in [-0.39, 0.29) is 37.3 Å². The zero-order chi connectivity index (χ0) is 28.9. The Morgan fingerprint density at radius 2 is 1.52 bits per heavy atom. The first-order valence-corrected chi connectivity index (χ1v) is 12.9. The number of rotatable bonds is 10. The van der Waals surface area contributed by atoms with Gasteiger partial charge in [-0.1, -0.05) is 41.9 Å². The minimum atomic E-state index is -4.53. The lowest BCUT2D eigenvalue weighted by atomic mass is 9.93. The van der Waals surface area contributed by atoms with Crippen molar-refractivity contribution in [3.63, 3.8) is 0 Å². The molecule has 0 aliphatic heterocycles. The molecular weight excluding hydrogens is 541 g/mol. The predicted octanol–water partition coefficient (Wildman–Crippen LogP) is 8.45. The van der Waals surface area contributed by atoms with E-state index < -0.39 is 17.7 Å². The highest BCUT2D eigenvalue weighted by molar-refractivity contribution is 6.30. The van der Waals surface area contributed by atoms with Gasteiger partial charge in [-0.15, -0.1) is 0 Å². The van der Waals surface area contributed by atoms with Crippen LogP contribution in [0.25, 0.3) is 22.3 Å². The second kappa shape index (κ2) is 12.3. The molecule has 0 atom stereocenters. The largest absolute Gasteiger partial charge is 0.481 e. The lowest BCUT2D eigenvalue weighted by Gasteiger charge is -2.18. The average molecular weight is 567 g/mol. The van der Waals surface area contributed by atoms with Crippen molar-refractivity contribution in [2.75, 3.05) is 5.32 Å². The van der Waals surface area contributed by atoms with Crippen molar-refractivity contribution in [2.45, 2.75) is 38.9 Å². The van der Waals surface area contributed by atoms with Gasteiger partial charge in [-0.25, -0.2) is 0 Å². The maximum Gasteiger partial charge on any atom is 0.416 e. The molecule has 5 nitrogen and oxygen atoms in total. The number of carboxylic acids is 1. The molecule has 4 aromatic rings. The van der Waals surface area contributed by atoms with E-state index in [1.807, 2.05) is 48.5 Å². The summed E-state index contributed by atoms with van der Waals surface area (Å²) in [5.41, 5.74) is 4.08. The molecule has 40 heavy (non-hydrogen) atoms. The van der Waals surface area contributed by atoms with Crippen molar-refractivity contribution < 1.29 is 27.9 Å². The Bertz CT molecular complexity index is 1500. The molecule has 1 aromatic heterocycles. The number of halogens is 4. The fourth-order valence-corrected chi connectivity index (χ4v) is 4.46. The number of hydrogen-bond donors (Lipinski definition) is 2. The summed E-state index contributed by atoms with van der Waals surface area (Å²) in [4.78, 5) is 27.2. The molecule has 0 aliphatic carbocycles. The molecule has 0 spiro atoms. The van der Waals surface area contributed by atoms with Crippen LogP contribution in [0.15, 0.2) is 79.0 Å². The summed E-state index contributed by atoms with van der Waals surface area (Å²) >= 11 is 5.97. The Hall–Kier alpha value is -4.17. The van der Waals surface area contributed by atoms with Gasteiger partial charge in [0, 0.05) is 41.9 Å². The normalized spacial score (nSPS) is 11.3. The van der Waals surface area contributed by atoms with Crippen molar-refractivity contribution in [3.8, 4) is 22.3 Å². The molecule has 0 aliphatic rings. The standard InChI is InChI=1S/C31H26ClF3N2O3/c1-19-15-23(31(33,34)35)16-26(22-9-14-28(37-17-22)29(38)3-2-4-30(39)40)27(19)18-36-25-12-7-21(8-13-25)20-5-10-24(32)11-6-20/h5-17,36H,2-4,18H2,1H3,(H,39,40). The molecule has 1 heterocycles. The summed E-state index contributed by atoms with van der Waals surface area (Å²) in [5, 5.41) is 12.7. The second-order valence-electron chi connectivity index (χ2n) is 9.36. The van der Waals surface area contributed by atoms with Crippen molar-refractivity contribution in [1.29, 1.82) is 0 Å². The van der Waals surface area contributed by atoms with Crippen molar-refractivity contribution in [1.82, 2.24) is 4.98 Å². The topological polar surface area (TPSA) is 79.3 Å². The zero-order valence-electron chi connectivity index (χ0n) is 21.6. The molecule has 0 fully saturated rings. The van der Waals surface area contributed by atoms with Crippen LogP contribution in [0.5, 0.6) is 0 Å². The van der Waals surface area contributed by atoms with Gasteiger partial charge in [0.15, 0.2) is 5.78 Å². The summed E-state index contributed by atoms with van der Waals surface area (Å²) in [6.07, 6.45) is -3.08. The van der Waals surface area contributed by atoms with Crippen LogP contribution in [0.2, 0.25) is 5.02 Å². The van der Waals surface area contributed by atoms with Crippen LogP contribution >= 0.6 is 11.6 Å². The number of alkyl halides is 3. The van der Waals surface area contributed by atoms with Crippen molar-refractivity contribution >= 4 is 29.0 Å². The Balaban J connectivity index is 1.57. The summed E-state index contributed by atoms with van der Waals surface area (Å²) in [5.74, 6) is -1.31. The summed E-state index contributed by atoms with van der Waals surface area (Å²) in [6, 6.07) is 20.4. The molecule has 0 unspecified atom stereocenters. The summed E-state index contributed by atoms with van der Waals surface area (Å²) in [6.45, 7) is 1.89. The number of nitrogens with zero attached hydrogens (tertiary/aromatic N) is 1. The number of pyridine rings is 1. The van der Waals surface area contributed by atoms with Crippen molar-refractivity contribution in [2.24, 2.45) is 0 Å². The molecule has 9 heteroatoms. The minimum Gasteiger partial charge on any atom is -0.481 e. The van der Waals surface area contributed by atoms with Gasteiger partial charge in [-0.05, 0) is 83.6 Å². The fraction of sp³-hybridized carbons (Fsp3) is 0.194. The molecule has 206 valence electrons. The highest BCUT2D eigenvalue weighted by Crippen LogP contribution is 2.36. The number of benzene rings is 3. The van der Waals surface area contributed by atoms with Crippen molar-refractivity contribution in [3.05, 3.63) is 106 Å². The number of aliphatic carboxylic acids is 1. The van der Waals surface area contributed by atoms with E-state index in [9.17, 15) is 22.8 Å². The first-order chi connectivity index (χ1) is 19.0. The number of Topliss-reactive ketones (excluding diaryl/α,β-unsaturated/α-hetero) is 1. The third-order valence-corrected chi connectivity index (χ3v) is 6.74. The second-order valence-corrected chi connectivity index (χ2v) is 9.79. The molecule has 4 rings (SSSR count). The van der Waals surface area contributed by atoms with E-state index >= 15 is 0 Å². The van der Waals surface area contributed by atoms with Gasteiger partial charge in [-0.3, -0.25) is 14.6 Å². The van der Waals surface area contributed by atoms with Crippen LogP contribution in [0.4, 0.5) is 18.9 Å². The molecule has 0 saturated carbocycles. The molecule has 0 radical (unpaired) electrons. The first-order valence-electron chi connectivity index (χ1n) is 12.5. The lowest BCUT2D eigenvalue weighted by Crippen LogP contribution is -2.10. The Kier molecular flexibility index (Phi) is 8.90. The van der Waals surface area contributed by atoms with Gasteiger partial charge in [0.25, 0.3) is 0 Å². The van der Waals surface area contributed by atoms with Crippen LogP contribution in [-0.4, -0.2) is 21.8 Å². The number of aryl methyl sites for hydroxylation is 1. The number of nitrogens with one attached hydrogen (secondary N) is 1. The van der Waals surface area contributed by atoms with Crippen LogP contribution in [-0.2, 0) is 17.5 Å². The van der Waals surface area contributed by atoms with Gasteiger partial charge in [0.05, 0.1) is 5.56 Å². The zero-order valence-corrected chi connectivity index (χ0v) is 22.3. The maximum absolute atomic E-state index is 13.7. The van der Waals surface area contributed by atoms with E-state index in [0.717, 1.165) is 28.9 Å². The van der Waals surface area contributed by atoms with Crippen LogP contribution < -0.4 is 5.32 Å². The van der Waals surface area contributed by atoms with Crippen LogP contribution in [0, 0.1) is 6.92 Å². The summed E-state index contributed by atoms with van der Waals surface area (Å²) in [7, 11) is 0. The quantitative estimate of drug-likeness (QED) is 0.188. The number of aromatic nitrogens is 1. The molecule has 0 amide bonds. The number of carbonyl (C=O) groups excluding carboxylic acids is 1. The molecule has 0 bridgehead atoms. The number of ketones is 1. The van der Waals surface area contributed by atoms with Crippen LogP contribution in [0.1, 0.15) is 46.4 Å². The highest BCUT2D eigenvalue weighted by Gasteiger charge is 2.32. The van der Waals surface area contributed by atoms with E-state index in [1.54, 1.807) is 13.0 Å².